The number of rotatable bonds is 1. The number of nitrogens with zero attached hydrogens (tertiary/aromatic N) is 1. The molecule has 1 fully saturated rings. The topological polar surface area (TPSA) is 3.24 Å². The van der Waals surface area contributed by atoms with Crippen LogP contribution in [0.25, 0.3) is 0 Å². The van der Waals surface area contributed by atoms with E-state index in [9.17, 15) is 0 Å². The molecule has 1 aliphatic heterocycles. The summed E-state index contributed by atoms with van der Waals surface area (Å²) >= 11 is 6.40. The average Bonchev–Trinajstić information content (AvgIpc) is 2.65. The average molecular weight is 252 g/mol. The molecule has 17 heavy (non-hydrogen) atoms. The molecule has 1 saturated heterocycles. The largest absolute Gasteiger partial charge is 0.291 e. The molecule has 1 aliphatic rings. The molecule has 0 amide bonds. The number of benzene rings is 1. The Kier molecular flexibility index (Phi) is 3.51. The normalized spacial score (nSPS) is 22.1. The maximum atomic E-state index is 6.40. The first kappa shape index (κ1) is 12.9. The van der Waals surface area contributed by atoms with E-state index < -0.39 is 0 Å². The van der Waals surface area contributed by atoms with Gasteiger partial charge in [-0.3, -0.25) is 4.90 Å². The standard InChI is InChI=1S/C15H22ClN/c1-11-7-8-12(13(16)10-11)14-6-5-9-17(14)15(2,3)4/h7-8,10,14H,5-6,9H2,1-4H3/t14-/m1/s1. The zero-order chi connectivity index (χ0) is 12.6. The van der Waals surface area contributed by atoms with E-state index in [1.54, 1.807) is 0 Å². The highest BCUT2D eigenvalue weighted by Crippen LogP contribution is 2.39. The van der Waals surface area contributed by atoms with Gasteiger partial charge in [0, 0.05) is 16.6 Å². The second-order valence-corrected chi connectivity index (χ2v) is 6.45. The first-order valence-corrected chi connectivity index (χ1v) is 6.80. The molecule has 0 spiro atoms. The number of hydrogen-bond donors (Lipinski definition) is 0. The van der Waals surface area contributed by atoms with Gasteiger partial charge in [0.05, 0.1) is 0 Å². The Morgan fingerprint density at radius 3 is 2.59 bits per heavy atom. The minimum Gasteiger partial charge on any atom is -0.291 e. The van der Waals surface area contributed by atoms with Crippen LogP contribution in [0.3, 0.4) is 0 Å². The first-order valence-electron chi connectivity index (χ1n) is 6.42. The summed E-state index contributed by atoms with van der Waals surface area (Å²) in [5.74, 6) is 0. The van der Waals surface area contributed by atoms with E-state index in [-0.39, 0.29) is 5.54 Å². The van der Waals surface area contributed by atoms with E-state index in [4.69, 9.17) is 11.6 Å². The van der Waals surface area contributed by atoms with Crippen LogP contribution in [-0.4, -0.2) is 17.0 Å². The molecule has 2 heteroatoms. The molecule has 0 unspecified atom stereocenters. The molecule has 0 saturated carbocycles. The van der Waals surface area contributed by atoms with Crippen molar-refractivity contribution in [1.29, 1.82) is 0 Å². The molecule has 0 aromatic heterocycles. The molecule has 0 aliphatic carbocycles. The van der Waals surface area contributed by atoms with Gasteiger partial charge in [-0.25, -0.2) is 0 Å². The highest BCUT2D eigenvalue weighted by Gasteiger charge is 2.34. The Morgan fingerprint density at radius 1 is 1.29 bits per heavy atom. The number of halogens is 1. The quantitative estimate of drug-likeness (QED) is 0.706. The van der Waals surface area contributed by atoms with E-state index >= 15 is 0 Å². The predicted molar refractivity (Wildman–Crippen MR) is 74.6 cm³/mol. The lowest BCUT2D eigenvalue weighted by Crippen LogP contribution is -2.40. The summed E-state index contributed by atoms with van der Waals surface area (Å²) in [5.41, 5.74) is 2.75. The van der Waals surface area contributed by atoms with Crippen molar-refractivity contribution in [2.75, 3.05) is 6.54 Å². The number of likely N-dealkylation sites (tertiary alicyclic amines) is 1. The molecule has 94 valence electrons. The first-order chi connectivity index (χ1) is 7.89. The molecular weight excluding hydrogens is 230 g/mol. The van der Waals surface area contributed by atoms with Gasteiger partial charge in [-0.1, -0.05) is 23.7 Å². The van der Waals surface area contributed by atoms with E-state index in [1.165, 1.54) is 30.5 Å². The highest BCUT2D eigenvalue weighted by molar-refractivity contribution is 6.31. The van der Waals surface area contributed by atoms with Crippen LogP contribution in [0.1, 0.15) is 50.8 Å². The van der Waals surface area contributed by atoms with Crippen molar-refractivity contribution < 1.29 is 0 Å². The van der Waals surface area contributed by atoms with Gasteiger partial charge in [0.15, 0.2) is 0 Å². The fraction of sp³-hybridized carbons (Fsp3) is 0.600. The van der Waals surface area contributed by atoms with Crippen molar-refractivity contribution in [2.24, 2.45) is 0 Å². The molecule has 0 N–H and O–H groups in total. The molecule has 0 bridgehead atoms. The van der Waals surface area contributed by atoms with Crippen molar-refractivity contribution in [3.63, 3.8) is 0 Å². The third-order valence-corrected chi connectivity index (χ3v) is 3.96. The summed E-state index contributed by atoms with van der Waals surface area (Å²) in [6.07, 6.45) is 2.49. The van der Waals surface area contributed by atoms with Gasteiger partial charge in [-0.15, -0.1) is 0 Å². The van der Waals surface area contributed by atoms with Crippen molar-refractivity contribution in [3.05, 3.63) is 34.3 Å². The Balaban J connectivity index is 2.33. The van der Waals surface area contributed by atoms with Gasteiger partial charge in [0.1, 0.15) is 0 Å². The lowest BCUT2D eigenvalue weighted by Gasteiger charge is -2.37. The van der Waals surface area contributed by atoms with Gasteiger partial charge in [-0.05, 0) is 64.3 Å². The fourth-order valence-corrected chi connectivity index (χ4v) is 3.16. The zero-order valence-electron chi connectivity index (χ0n) is 11.3. The summed E-state index contributed by atoms with van der Waals surface area (Å²) in [4.78, 5) is 2.57. The molecule has 1 aromatic carbocycles. The van der Waals surface area contributed by atoms with Crippen LogP contribution in [-0.2, 0) is 0 Å². The van der Waals surface area contributed by atoms with Crippen LogP contribution < -0.4 is 0 Å². The van der Waals surface area contributed by atoms with Crippen LogP contribution in [0.4, 0.5) is 0 Å². The van der Waals surface area contributed by atoms with Crippen LogP contribution in [0.2, 0.25) is 5.02 Å². The van der Waals surface area contributed by atoms with E-state index in [0.717, 1.165) is 5.02 Å². The lowest BCUT2D eigenvalue weighted by molar-refractivity contribution is 0.122. The van der Waals surface area contributed by atoms with E-state index in [0.29, 0.717) is 6.04 Å². The molecular formula is C15H22ClN. The minimum atomic E-state index is 0.218. The Labute approximate surface area is 110 Å². The third kappa shape index (κ3) is 2.66. The summed E-state index contributed by atoms with van der Waals surface area (Å²) in [6, 6.07) is 6.94. The van der Waals surface area contributed by atoms with Gasteiger partial charge in [-0.2, -0.15) is 0 Å². The number of aryl methyl sites for hydroxylation is 1. The van der Waals surface area contributed by atoms with Crippen molar-refractivity contribution in [3.8, 4) is 0 Å². The summed E-state index contributed by atoms with van der Waals surface area (Å²) in [7, 11) is 0. The third-order valence-electron chi connectivity index (χ3n) is 3.63. The lowest BCUT2D eigenvalue weighted by atomic mass is 9.98. The van der Waals surface area contributed by atoms with Gasteiger partial charge in [0.2, 0.25) is 0 Å². The van der Waals surface area contributed by atoms with E-state index in [2.05, 4.69) is 50.8 Å². The summed E-state index contributed by atoms with van der Waals surface area (Å²) < 4.78 is 0. The Morgan fingerprint density at radius 2 is 2.00 bits per heavy atom. The molecule has 2 rings (SSSR count). The van der Waals surface area contributed by atoms with Gasteiger partial charge < -0.3 is 0 Å². The van der Waals surface area contributed by atoms with Crippen molar-refractivity contribution in [1.82, 2.24) is 4.90 Å². The van der Waals surface area contributed by atoms with Crippen LogP contribution in [0.15, 0.2) is 18.2 Å². The predicted octanol–water partition coefficient (Wildman–Crippen LogP) is 4.58. The number of hydrogen-bond acceptors (Lipinski definition) is 1. The molecule has 0 radical (unpaired) electrons. The van der Waals surface area contributed by atoms with Crippen LogP contribution in [0, 0.1) is 6.92 Å². The SMILES string of the molecule is Cc1ccc([C@H]2CCCN2C(C)(C)C)c(Cl)c1. The second-order valence-electron chi connectivity index (χ2n) is 6.05. The van der Waals surface area contributed by atoms with Crippen LogP contribution >= 0.6 is 11.6 Å². The minimum absolute atomic E-state index is 0.218. The van der Waals surface area contributed by atoms with E-state index in [1.807, 2.05) is 0 Å². The van der Waals surface area contributed by atoms with Gasteiger partial charge in [0.25, 0.3) is 0 Å². The molecule has 1 heterocycles. The maximum absolute atomic E-state index is 6.40. The van der Waals surface area contributed by atoms with Gasteiger partial charge >= 0.3 is 0 Å². The Bertz CT molecular complexity index is 406. The zero-order valence-corrected chi connectivity index (χ0v) is 12.0. The summed E-state index contributed by atoms with van der Waals surface area (Å²) in [6.45, 7) is 10.1. The van der Waals surface area contributed by atoms with Crippen molar-refractivity contribution in [2.45, 2.75) is 52.1 Å². The monoisotopic (exact) mass is 251 g/mol. The molecule has 1 nitrogen and oxygen atoms in total. The Hall–Kier alpha value is -0.530. The fourth-order valence-electron chi connectivity index (χ4n) is 2.80. The highest BCUT2D eigenvalue weighted by atomic mass is 35.5. The maximum Gasteiger partial charge on any atom is 0.0456 e. The smallest absolute Gasteiger partial charge is 0.0456 e. The second kappa shape index (κ2) is 4.62. The summed E-state index contributed by atoms with van der Waals surface area (Å²) in [5, 5.41) is 0.922. The molecule has 1 atom stereocenters. The van der Waals surface area contributed by atoms with Crippen molar-refractivity contribution >= 4 is 11.6 Å². The molecule has 1 aromatic rings. The van der Waals surface area contributed by atoms with Crippen LogP contribution in [0.5, 0.6) is 0 Å².